The van der Waals surface area contributed by atoms with Crippen molar-refractivity contribution in [3.05, 3.63) is 200 Å². The Balaban J connectivity index is 0.000000284. The van der Waals surface area contributed by atoms with Crippen LogP contribution in [-0.2, 0) is 20.1 Å². The Hall–Kier alpha value is -6.26. The van der Waals surface area contributed by atoms with E-state index in [1.165, 1.54) is 0 Å². The zero-order valence-electron chi connectivity index (χ0n) is 28.9. The van der Waals surface area contributed by atoms with Crippen LogP contribution in [0.5, 0.6) is 0 Å². The van der Waals surface area contributed by atoms with E-state index in [9.17, 15) is 0 Å². The van der Waals surface area contributed by atoms with Crippen LogP contribution in [0, 0.1) is 19.1 Å². The summed E-state index contributed by atoms with van der Waals surface area (Å²) >= 11 is 0. The molecular weight excluding hydrogens is 827 g/mol. The van der Waals surface area contributed by atoms with Crippen LogP contribution in [0.3, 0.4) is 0 Å². The molecule has 0 fully saturated rings. The van der Waals surface area contributed by atoms with E-state index < -0.39 is 0 Å². The van der Waals surface area contributed by atoms with Gasteiger partial charge in [0.25, 0.3) is 0 Å². The number of aromatic nitrogens is 3. The molecule has 0 aliphatic heterocycles. The number of fused-ring (bicyclic) bond motifs is 1. The number of nitrogens with zero attached hydrogens (tertiary/aromatic N) is 3. The Bertz CT molecular complexity index is 2520. The number of benzene rings is 5. The summed E-state index contributed by atoms with van der Waals surface area (Å²) < 4.78 is 6.21. The summed E-state index contributed by atoms with van der Waals surface area (Å²) in [5.74, 6) is 0.767. The van der Waals surface area contributed by atoms with Crippen molar-refractivity contribution in [3.63, 3.8) is 0 Å². The van der Waals surface area contributed by atoms with E-state index in [0.29, 0.717) is 0 Å². The first-order valence-corrected chi connectivity index (χ1v) is 17.2. The molecule has 9 rings (SSSR count). The van der Waals surface area contributed by atoms with Crippen molar-refractivity contribution in [3.8, 4) is 67.3 Å². The number of furan rings is 1. The molecule has 9 aromatic rings. The average Bonchev–Trinajstić information content (AvgIpc) is 3.68. The van der Waals surface area contributed by atoms with E-state index in [1.807, 2.05) is 85.1 Å². The van der Waals surface area contributed by atoms with Crippen LogP contribution in [0.15, 0.2) is 187 Å². The molecule has 4 heterocycles. The Morgan fingerprint density at radius 3 is 1.85 bits per heavy atom. The number of pyridine rings is 3. The molecule has 257 valence electrons. The van der Waals surface area contributed by atoms with E-state index in [1.54, 1.807) is 12.4 Å². The van der Waals surface area contributed by atoms with Crippen molar-refractivity contribution < 1.29 is 24.5 Å². The van der Waals surface area contributed by atoms with Gasteiger partial charge in [0, 0.05) is 44.1 Å². The van der Waals surface area contributed by atoms with Crippen LogP contribution in [0.2, 0.25) is 0 Å². The molecule has 0 N–H and O–H groups in total. The van der Waals surface area contributed by atoms with Crippen molar-refractivity contribution in [2.24, 2.45) is 0 Å². The largest absolute Gasteiger partial charge is 0.454 e. The summed E-state index contributed by atoms with van der Waals surface area (Å²) in [7, 11) is 0. The first-order valence-electron chi connectivity index (χ1n) is 17.2. The minimum atomic E-state index is 0. The predicted molar refractivity (Wildman–Crippen MR) is 211 cm³/mol. The molecule has 0 atom stereocenters. The standard InChI is InChI=1S/C37H25N2O.C11H8N.Ir/c1-25-30(17-18-36-32(25)24-37(40-36)34-14-8-9-20-38-34)33-22-29(15-16-31(33)27-12-6-3-7-13-27)35-23-28(19-21-39-35)26-10-4-2-5-11-26;1-2-6-10(7-3-1)11-8-4-5-9-12-11;/h2-14,16-24H,1H3;1-6,8-9H;/q2*-1;. The van der Waals surface area contributed by atoms with Crippen LogP contribution >= 0.6 is 0 Å². The van der Waals surface area contributed by atoms with Crippen molar-refractivity contribution in [1.82, 2.24) is 15.0 Å². The van der Waals surface area contributed by atoms with Gasteiger partial charge < -0.3 is 14.4 Å². The number of rotatable bonds is 6. The molecule has 0 unspecified atom stereocenters. The zero-order chi connectivity index (χ0) is 35.1. The van der Waals surface area contributed by atoms with Crippen molar-refractivity contribution >= 4 is 11.0 Å². The fourth-order valence-electron chi connectivity index (χ4n) is 6.36. The average molecular weight is 860 g/mol. The summed E-state index contributed by atoms with van der Waals surface area (Å²) in [6.07, 6.45) is 5.45. The predicted octanol–water partition coefficient (Wildman–Crippen LogP) is 12.2. The first kappa shape index (κ1) is 35.2. The van der Waals surface area contributed by atoms with Crippen molar-refractivity contribution in [2.75, 3.05) is 0 Å². The molecule has 0 saturated heterocycles. The van der Waals surface area contributed by atoms with Gasteiger partial charge in [-0.05, 0) is 77.0 Å². The van der Waals surface area contributed by atoms with Gasteiger partial charge in [0.1, 0.15) is 11.3 Å². The van der Waals surface area contributed by atoms with Crippen LogP contribution in [-0.4, -0.2) is 15.0 Å². The summed E-state index contributed by atoms with van der Waals surface area (Å²) in [5.41, 5.74) is 13.5. The van der Waals surface area contributed by atoms with E-state index in [4.69, 9.17) is 9.40 Å². The monoisotopic (exact) mass is 860 g/mol. The molecular formula is C48H33IrN3O-2. The molecule has 0 amide bonds. The quantitative estimate of drug-likeness (QED) is 0.156. The second-order valence-corrected chi connectivity index (χ2v) is 12.3. The SMILES string of the molecule is Cc1c(-c2cc(-c3cc(-c4ccccc4)ccn3)[c-]cc2-c2ccccc2)ccc2oc(-c3ccccn3)cc12.[Ir].[c-]1ccccc1-c1ccccn1. The van der Waals surface area contributed by atoms with Gasteiger partial charge in [-0.1, -0.05) is 108 Å². The van der Waals surface area contributed by atoms with E-state index in [0.717, 1.165) is 83.9 Å². The van der Waals surface area contributed by atoms with Gasteiger partial charge in [0.2, 0.25) is 0 Å². The molecule has 1 radical (unpaired) electrons. The van der Waals surface area contributed by atoms with Crippen LogP contribution in [0.1, 0.15) is 5.56 Å². The molecule has 0 spiro atoms. The third-order valence-electron chi connectivity index (χ3n) is 9.01. The van der Waals surface area contributed by atoms with Gasteiger partial charge in [-0.3, -0.25) is 4.98 Å². The second-order valence-electron chi connectivity index (χ2n) is 12.3. The molecule has 0 aliphatic carbocycles. The zero-order valence-corrected chi connectivity index (χ0v) is 31.3. The Morgan fingerprint density at radius 2 is 1.15 bits per heavy atom. The Kier molecular flexibility index (Phi) is 10.9. The third kappa shape index (κ3) is 7.83. The van der Waals surface area contributed by atoms with E-state index in [-0.39, 0.29) is 20.1 Å². The summed E-state index contributed by atoms with van der Waals surface area (Å²) in [4.78, 5) is 13.4. The summed E-state index contributed by atoms with van der Waals surface area (Å²) in [6, 6.07) is 61.9. The fraction of sp³-hybridized carbons (Fsp3) is 0.0208. The maximum absolute atomic E-state index is 6.21. The number of hydrogen-bond donors (Lipinski definition) is 0. The van der Waals surface area contributed by atoms with Crippen LogP contribution < -0.4 is 0 Å². The maximum atomic E-state index is 6.21. The Labute approximate surface area is 323 Å². The molecule has 0 bridgehead atoms. The molecule has 5 aromatic carbocycles. The Morgan fingerprint density at radius 1 is 0.472 bits per heavy atom. The molecule has 5 heteroatoms. The molecule has 0 aliphatic rings. The maximum Gasteiger partial charge on any atom is 0.153 e. The summed E-state index contributed by atoms with van der Waals surface area (Å²) in [5, 5.41) is 1.08. The number of hydrogen-bond acceptors (Lipinski definition) is 4. The van der Waals surface area contributed by atoms with Gasteiger partial charge in [-0.25, -0.2) is 0 Å². The van der Waals surface area contributed by atoms with Crippen molar-refractivity contribution in [1.29, 1.82) is 0 Å². The summed E-state index contributed by atoms with van der Waals surface area (Å²) in [6.45, 7) is 2.16. The van der Waals surface area contributed by atoms with Crippen LogP contribution in [0.25, 0.3) is 78.3 Å². The topological polar surface area (TPSA) is 51.8 Å². The molecule has 4 nitrogen and oxygen atoms in total. The molecule has 4 aromatic heterocycles. The minimum Gasteiger partial charge on any atom is -0.454 e. The molecule has 0 saturated carbocycles. The second kappa shape index (κ2) is 16.4. The van der Waals surface area contributed by atoms with E-state index in [2.05, 4.69) is 114 Å². The molecule has 53 heavy (non-hydrogen) atoms. The normalized spacial score (nSPS) is 10.6. The van der Waals surface area contributed by atoms with Crippen molar-refractivity contribution in [2.45, 2.75) is 6.92 Å². The van der Waals surface area contributed by atoms with Gasteiger partial charge in [-0.15, -0.1) is 59.7 Å². The smallest absolute Gasteiger partial charge is 0.153 e. The van der Waals surface area contributed by atoms with Crippen LogP contribution in [0.4, 0.5) is 0 Å². The first-order chi connectivity index (χ1) is 25.7. The van der Waals surface area contributed by atoms with Gasteiger partial charge >= 0.3 is 0 Å². The number of aryl methyl sites for hydroxylation is 1. The van der Waals surface area contributed by atoms with Gasteiger partial charge in [0.05, 0.1) is 0 Å². The van der Waals surface area contributed by atoms with Gasteiger partial charge in [0.15, 0.2) is 5.76 Å². The van der Waals surface area contributed by atoms with Gasteiger partial charge in [-0.2, -0.15) is 0 Å². The minimum absolute atomic E-state index is 0. The van der Waals surface area contributed by atoms with E-state index >= 15 is 0 Å². The third-order valence-corrected chi connectivity index (χ3v) is 9.01. The fourth-order valence-corrected chi connectivity index (χ4v) is 6.36.